The molecule has 2 aromatic carbocycles. The van der Waals surface area contributed by atoms with Crippen molar-refractivity contribution in [1.29, 1.82) is 0 Å². The zero-order valence-electron chi connectivity index (χ0n) is 19.5. The van der Waals surface area contributed by atoms with E-state index < -0.39 is 10.0 Å². The number of hydrogen-bond donors (Lipinski definition) is 1. The molecule has 1 saturated heterocycles. The van der Waals surface area contributed by atoms with Gasteiger partial charge in [0.1, 0.15) is 0 Å². The van der Waals surface area contributed by atoms with E-state index in [4.69, 9.17) is 4.74 Å². The summed E-state index contributed by atoms with van der Waals surface area (Å²) < 4.78 is 35.1. The fourth-order valence-electron chi connectivity index (χ4n) is 5.42. The molecule has 2 heterocycles. The molecule has 2 aromatic rings. The van der Waals surface area contributed by atoms with Crippen LogP contribution in [0, 0.1) is 5.92 Å². The van der Waals surface area contributed by atoms with Gasteiger partial charge in [-0.3, -0.25) is 4.31 Å². The van der Waals surface area contributed by atoms with Crippen LogP contribution in [0.1, 0.15) is 56.6 Å². The quantitative estimate of drug-likeness (QED) is 0.640. The molecule has 0 spiro atoms. The van der Waals surface area contributed by atoms with Gasteiger partial charge < -0.3 is 9.75 Å². The summed E-state index contributed by atoms with van der Waals surface area (Å²) in [5.74, 6) is 0.601. The first-order valence-electron chi connectivity index (χ1n) is 12.4. The summed E-state index contributed by atoms with van der Waals surface area (Å²) in [5, 5.41) is 2.19. The average Bonchev–Trinajstić information content (AvgIpc) is 3.50. The van der Waals surface area contributed by atoms with Crippen LogP contribution in [0.3, 0.4) is 0 Å². The number of hydrazine groups is 1. The summed E-state index contributed by atoms with van der Waals surface area (Å²) in [6.45, 7) is 5.37. The summed E-state index contributed by atoms with van der Waals surface area (Å²) in [6, 6.07) is 13.7. The second kappa shape index (κ2) is 9.65. The zero-order chi connectivity index (χ0) is 22.8. The molecule has 1 aliphatic carbocycles. The number of aryl methyl sites for hydroxylation is 1. The Morgan fingerprint density at radius 1 is 1.03 bits per heavy atom. The maximum atomic E-state index is 14.0. The van der Waals surface area contributed by atoms with Crippen molar-refractivity contribution in [3.63, 3.8) is 0 Å². The number of nitrogens with one attached hydrogen (secondary N) is 1. The lowest BCUT2D eigenvalue weighted by Crippen LogP contribution is -2.39. The van der Waals surface area contributed by atoms with Crippen molar-refractivity contribution in [3.05, 3.63) is 53.6 Å². The van der Waals surface area contributed by atoms with Gasteiger partial charge in [0.2, 0.25) is 0 Å². The molecular formula is C26H35N3O3S. The number of anilines is 2. The Labute approximate surface area is 197 Å². The van der Waals surface area contributed by atoms with E-state index in [1.807, 2.05) is 36.4 Å². The minimum Gasteiger partial charge on any atom is -0.381 e. The Morgan fingerprint density at radius 3 is 2.45 bits per heavy atom. The molecule has 0 aromatic heterocycles. The molecule has 2 fully saturated rings. The van der Waals surface area contributed by atoms with Gasteiger partial charge in [-0.15, -0.1) is 0 Å². The van der Waals surface area contributed by atoms with Crippen LogP contribution >= 0.6 is 0 Å². The van der Waals surface area contributed by atoms with Gasteiger partial charge in [0.15, 0.2) is 0 Å². The molecule has 1 N–H and O–H groups in total. The second-order valence-corrected chi connectivity index (χ2v) is 11.4. The SMILES string of the molecule is CCc1ccc(N(C2CCCC2)S(=O)(=O)c2ccc3c(c2)CNN3CC2CCOCC2)cc1. The van der Waals surface area contributed by atoms with Gasteiger partial charge in [0, 0.05) is 32.3 Å². The fraction of sp³-hybridized carbons (Fsp3) is 0.538. The lowest BCUT2D eigenvalue weighted by Gasteiger charge is -2.31. The van der Waals surface area contributed by atoms with Gasteiger partial charge in [-0.1, -0.05) is 31.9 Å². The molecule has 0 bridgehead atoms. The minimum atomic E-state index is -3.65. The van der Waals surface area contributed by atoms with Gasteiger partial charge in [-0.05, 0) is 79.5 Å². The Hall–Kier alpha value is -2.09. The number of hydrogen-bond acceptors (Lipinski definition) is 5. The Kier molecular flexibility index (Phi) is 6.63. The predicted molar refractivity (Wildman–Crippen MR) is 132 cm³/mol. The number of rotatable bonds is 7. The first-order valence-corrected chi connectivity index (χ1v) is 13.9. The van der Waals surface area contributed by atoms with Crippen molar-refractivity contribution in [1.82, 2.24) is 5.43 Å². The minimum absolute atomic E-state index is 0.0267. The van der Waals surface area contributed by atoms with Crippen LogP contribution in [0.15, 0.2) is 47.4 Å². The Morgan fingerprint density at radius 2 is 1.76 bits per heavy atom. The van der Waals surface area contributed by atoms with Crippen molar-refractivity contribution in [2.45, 2.75) is 69.4 Å². The maximum Gasteiger partial charge on any atom is 0.264 e. The molecule has 0 atom stereocenters. The van der Waals surface area contributed by atoms with Gasteiger partial charge in [-0.25, -0.2) is 13.8 Å². The first-order chi connectivity index (χ1) is 16.1. The van der Waals surface area contributed by atoms with E-state index in [9.17, 15) is 8.42 Å². The molecule has 6 nitrogen and oxygen atoms in total. The van der Waals surface area contributed by atoms with Crippen LogP contribution in [0.5, 0.6) is 0 Å². The lowest BCUT2D eigenvalue weighted by atomic mass is 10.00. The molecule has 1 saturated carbocycles. The van der Waals surface area contributed by atoms with Gasteiger partial charge >= 0.3 is 0 Å². The zero-order valence-corrected chi connectivity index (χ0v) is 20.3. The van der Waals surface area contributed by atoms with E-state index >= 15 is 0 Å². The van der Waals surface area contributed by atoms with Gasteiger partial charge in [-0.2, -0.15) is 0 Å². The standard InChI is InChI=1S/C26H35N3O3S/c1-2-20-7-9-24(10-8-20)29(23-5-3-4-6-23)33(30,31)25-11-12-26-22(17-25)18-27-28(26)19-21-13-15-32-16-14-21/h7-12,17,21,23,27H,2-6,13-16,18-19H2,1H3. The van der Waals surface area contributed by atoms with Crippen molar-refractivity contribution >= 4 is 21.4 Å². The van der Waals surface area contributed by atoms with Crippen LogP contribution < -0.4 is 14.7 Å². The molecule has 0 radical (unpaired) electrons. The molecule has 0 unspecified atom stereocenters. The van der Waals surface area contributed by atoms with Crippen LogP contribution in [0.25, 0.3) is 0 Å². The van der Waals surface area contributed by atoms with E-state index in [-0.39, 0.29) is 6.04 Å². The summed E-state index contributed by atoms with van der Waals surface area (Å²) >= 11 is 0. The van der Waals surface area contributed by atoms with E-state index in [1.54, 1.807) is 10.4 Å². The highest BCUT2D eigenvalue weighted by molar-refractivity contribution is 7.92. The Balaban J connectivity index is 1.42. The summed E-state index contributed by atoms with van der Waals surface area (Å²) in [7, 11) is -3.65. The summed E-state index contributed by atoms with van der Waals surface area (Å²) in [4.78, 5) is 0.391. The molecule has 5 rings (SSSR count). The fourth-order valence-corrected chi connectivity index (χ4v) is 7.18. The lowest BCUT2D eigenvalue weighted by molar-refractivity contribution is 0.0677. The van der Waals surface area contributed by atoms with E-state index in [2.05, 4.69) is 17.4 Å². The number of fused-ring (bicyclic) bond motifs is 1. The largest absolute Gasteiger partial charge is 0.381 e. The third-order valence-corrected chi connectivity index (χ3v) is 9.27. The molecular weight excluding hydrogens is 434 g/mol. The first kappa shape index (κ1) is 22.7. The molecule has 178 valence electrons. The third kappa shape index (κ3) is 4.63. The van der Waals surface area contributed by atoms with E-state index in [0.29, 0.717) is 17.4 Å². The Bertz CT molecular complexity index is 1060. The van der Waals surface area contributed by atoms with Crippen molar-refractivity contribution in [2.75, 3.05) is 29.1 Å². The predicted octanol–water partition coefficient (Wildman–Crippen LogP) is 4.64. The number of ether oxygens (including phenoxy) is 1. The number of sulfonamides is 1. The molecule has 2 aliphatic heterocycles. The van der Waals surface area contributed by atoms with Crippen molar-refractivity contribution in [3.8, 4) is 0 Å². The average molecular weight is 470 g/mol. The molecule has 0 amide bonds. The highest BCUT2D eigenvalue weighted by Gasteiger charge is 2.34. The highest BCUT2D eigenvalue weighted by Crippen LogP contribution is 2.36. The number of nitrogens with zero attached hydrogens (tertiary/aromatic N) is 2. The molecule has 33 heavy (non-hydrogen) atoms. The molecule has 3 aliphatic rings. The van der Waals surface area contributed by atoms with E-state index in [1.165, 1.54) is 5.56 Å². The van der Waals surface area contributed by atoms with Gasteiger partial charge in [0.25, 0.3) is 10.0 Å². The monoisotopic (exact) mass is 469 g/mol. The summed E-state index contributed by atoms with van der Waals surface area (Å²) in [6.07, 6.45) is 7.09. The van der Waals surface area contributed by atoms with Crippen LogP contribution in [0.2, 0.25) is 0 Å². The van der Waals surface area contributed by atoms with Crippen LogP contribution in [-0.4, -0.2) is 34.2 Å². The van der Waals surface area contributed by atoms with E-state index in [0.717, 1.165) is 81.6 Å². The normalized spacial score (nSPS) is 19.7. The van der Waals surface area contributed by atoms with Crippen LogP contribution in [0.4, 0.5) is 11.4 Å². The smallest absolute Gasteiger partial charge is 0.264 e. The maximum absolute atomic E-state index is 14.0. The topological polar surface area (TPSA) is 61.9 Å². The highest BCUT2D eigenvalue weighted by atomic mass is 32.2. The number of benzene rings is 2. The van der Waals surface area contributed by atoms with Crippen molar-refractivity contribution in [2.24, 2.45) is 5.92 Å². The van der Waals surface area contributed by atoms with Gasteiger partial charge in [0.05, 0.1) is 16.3 Å². The van der Waals surface area contributed by atoms with Crippen molar-refractivity contribution < 1.29 is 13.2 Å². The van der Waals surface area contributed by atoms with Crippen LogP contribution in [-0.2, 0) is 27.7 Å². The summed E-state index contributed by atoms with van der Waals surface area (Å²) in [5.41, 5.74) is 7.60. The second-order valence-electron chi connectivity index (χ2n) is 9.55. The molecule has 7 heteroatoms. The third-order valence-electron chi connectivity index (χ3n) is 7.40.